The van der Waals surface area contributed by atoms with E-state index in [9.17, 15) is 0 Å². The summed E-state index contributed by atoms with van der Waals surface area (Å²) in [6, 6.07) is 0. The van der Waals surface area contributed by atoms with Crippen molar-refractivity contribution in [3.63, 3.8) is 0 Å². The van der Waals surface area contributed by atoms with E-state index in [1.165, 1.54) is 64.8 Å². The third-order valence-electron chi connectivity index (χ3n) is 3.92. The van der Waals surface area contributed by atoms with Crippen molar-refractivity contribution in [3.8, 4) is 0 Å². The lowest BCUT2D eigenvalue weighted by Gasteiger charge is -2.27. The number of likely N-dealkylation sites (tertiary alicyclic amines) is 1. The molecule has 0 radical (unpaired) electrons. The van der Waals surface area contributed by atoms with Crippen LogP contribution in [0.2, 0.25) is 0 Å². The van der Waals surface area contributed by atoms with E-state index in [0.717, 1.165) is 11.8 Å². The summed E-state index contributed by atoms with van der Waals surface area (Å²) in [4.78, 5) is 2.70. The largest absolute Gasteiger partial charge is 0.317 e. The Kier molecular flexibility index (Phi) is 7.87. The fraction of sp³-hybridized carbons (Fsp3) is 1.00. The SMILES string of the molecule is CCC.CCC1CCN(CC2CCNCC2)C1. The van der Waals surface area contributed by atoms with Crippen molar-refractivity contribution in [2.45, 2.75) is 52.9 Å². The maximum atomic E-state index is 3.44. The highest BCUT2D eigenvalue weighted by Crippen LogP contribution is 2.22. The highest BCUT2D eigenvalue weighted by Gasteiger charge is 2.23. The molecule has 0 bridgehead atoms. The summed E-state index contributed by atoms with van der Waals surface area (Å²) >= 11 is 0. The van der Waals surface area contributed by atoms with Gasteiger partial charge in [-0.1, -0.05) is 33.6 Å². The van der Waals surface area contributed by atoms with Crippen molar-refractivity contribution in [3.05, 3.63) is 0 Å². The van der Waals surface area contributed by atoms with Crippen LogP contribution < -0.4 is 5.32 Å². The van der Waals surface area contributed by atoms with Crippen molar-refractivity contribution < 1.29 is 0 Å². The molecule has 0 aliphatic carbocycles. The molecule has 2 fully saturated rings. The number of hydrogen-bond acceptors (Lipinski definition) is 2. The smallest absolute Gasteiger partial charge is 0.00107 e. The Labute approximate surface area is 108 Å². The van der Waals surface area contributed by atoms with Gasteiger partial charge in [-0.15, -0.1) is 0 Å². The molecule has 0 aromatic carbocycles. The Bertz CT molecular complexity index is 176. The fourth-order valence-corrected chi connectivity index (χ4v) is 2.84. The zero-order valence-electron chi connectivity index (χ0n) is 12.2. The van der Waals surface area contributed by atoms with Crippen LogP contribution >= 0.6 is 0 Å². The highest BCUT2D eigenvalue weighted by atomic mass is 15.1. The molecule has 102 valence electrons. The minimum atomic E-state index is 0.979. The van der Waals surface area contributed by atoms with Crippen LogP contribution in [0.15, 0.2) is 0 Å². The lowest BCUT2D eigenvalue weighted by molar-refractivity contribution is 0.234. The van der Waals surface area contributed by atoms with Crippen LogP contribution in [-0.4, -0.2) is 37.6 Å². The Morgan fingerprint density at radius 3 is 2.18 bits per heavy atom. The van der Waals surface area contributed by atoms with Gasteiger partial charge < -0.3 is 10.2 Å². The Morgan fingerprint density at radius 1 is 1.00 bits per heavy atom. The van der Waals surface area contributed by atoms with E-state index >= 15 is 0 Å². The number of piperidine rings is 1. The molecule has 2 heterocycles. The van der Waals surface area contributed by atoms with Gasteiger partial charge in [0.25, 0.3) is 0 Å². The minimum Gasteiger partial charge on any atom is -0.317 e. The number of hydrogen-bond donors (Lipinski definition) is 1. The molecule has 2 saturated heterocycles. The summed E-state index contributed by atoms with van der Waals surface area (Å²) in [5.41, 5.74) is 0. The third-order valence-corrected chi connectivity index (χ3v) is 3.92. The van der Waals surface area contributed by atoms with Crippen LogP contribution in [0.1, 0.15) is 52.9 Å². The topological polar surface area (TPSA) is 15.3 Å². The first-order valence-corrected chi connectivity index (χ1v) is 7.73. The first kappa shape index (κ1) is 15.0. The molecule has 0 amide bonds. The van der Waals surface area contributed by atoms with E-state index in [2.05, 4.69) is 31.0 Å². The minimum absolute atomic E-state index is 0.979. The van der Waals surface area contributed by atoms with E-state index in [4.69, 9.17) is 0 Å². The maximum absolute atomic E-state index is 3.44. The molecule has 0 spiro atoms. The maximum Gasteiger partial charge on any atom is 0.00107 e. The molecule has 2 aliphatic heterocycles. The van der Waals surface area contributed by atoms with Crippen LogP contribution in [0.25, 0.3) is 0 Å². The molecule has 0 saturated carbocycles. The summed E-state index contributed by atoms with van der Waals surface area (Å²) in [6.07, 6.45) is 6.87. The molecule has 0 aromatic heterocycles. The fourth-order valence-electron chi connectivity index (χ4n) is 2.84. The monoisotopic (exact) mass is 240 g/mol. The highest BCUT2D eigenvalue weighted by molar-refractivity contribution is 4.78. The van der Waals surface area contributed by atoms with Gasteiger partial charge in [-0.3, -0.25) is 0 Å². The number of rotatable bonds is 3. The molecule has 2 aliphatic rings. The second-order valence-corrected chi connectivity index (χ2v) is 5.72. The Hall–Kier alpha value is -0.0800. The standard InChI is InChI=1S/C12H24N2.C3H8/c1-2-11-5-8-14(9-11)10-12-3-6-13-7-4-12;1-3-2/h11-13H,2-10H2,1H3;3H2,1-2H3. The molecule has 17 heavy (non-hydrogen) atoms. The van der Waals surface area contributed by atoms with Gasteiger partial charge in [-0.2, -0.15) is 0 Å². The second kappa shape index (κ2) is 8.93. The molecule has 2 rings (SSSR count). The summed E-state index contributed by atoms with van der Waals surface area (Å²) in [5, 5.41) is 3.44. The summed E-state index contributed by atoms with van der Waals surface area (Å²) in [5.74, 6) is 1.98. The third kappa shape index (κ3) is 5.87. The van der Waals surface area contributed by atoms with Gasteiger partial charge in [0.2, 0.25) is 0 Å². The lowest BCUT2D eigenvalue weighted by atomic mass is 9.98. The molecular weight excluding hydrogens is 208 g/mol. The zero-order chi connectivity index (χ0) is 12.5. The Morgan fingerprint density at radius 2 is 1.65 bits per heavy atom. The molecule has 1 atom stereocenters. The van der Waals surface area contributed by atoms with Gasteiger partial charge >= 0.3 is 0 Å². The van der Waals surface area contributed by atoms with Gasteiger partial charge in [0.15, 0.2) is 0 Å². The average Bonchev–Trinajstić information content (AvgIpc) is 2.79. The number of nitrogens with zero attached hydrogens (tertiary/aromatic N) is 1. The first-order chi connectivity index (χ1) is 8.30. The zero-order valence-corrected chi connectivity index (χ0v) is 12.2. The predicted molar refractivity (Wildman–Crippen MR) is 76.4 cm³/mol. The first-order valence-electron chi connectivity index (χ1n) is 7.73. The van der Waals surface area contributed by atoms with E-state index in [1.54, 1.807) is 0 Å². The quantitative estimate of drug-likeness (QED) is 0.815. The van der Waals surface area contributed by atoms with Crippen molar-refractivity contribution in [1.29, 1.82) is 0 Å². The second-order valence-electron chi connectivity index (χ2n) is 5.72. The van der Waals surface area contributed by atoms with Crippen LogP contribution in [0, 0.1) is 11.8 Å². The normalized spacial score (nSPS) is 26.6. The van der Waals surface area contributed by atoms with E-state index < -0.39 is 0 Å². The van der Waals surface area contributed by atoms with Gasteiger partial charge in [-0.25, -0.2) is 0 Å². The molecular formula is C15H32N2. The molecule has 0 aromatic rings. The average molecular weight is 240 g/mol. The van der Waals surface area contributed by atoms with Crippen LogP contribution in [0.4, 0.5) is 0 Å². The van der Waals surface area contributed by atoms with Crippen LogP contribution in [-0.2, 0) is 0 Å². The molecule has 2 nitrogen and oxygen atoms in total. The van der Waals surface area contributed by atoms with E-state index in [0.29, 0.717) is 0 Å². The van der Waals surface area contributed by atoms with Gasteiger partial charge in [-0.05, 0) is 50.7 Å². The van der Waals surface area contributed by atoms with E-state index in [-0.39, 0.29) is 0 Å². The molecule has 2 heteroatoms. The number of nitrogens with one attached hydrogen (secondary N) is 1. The van der Waals surface area contributed by atoms with E-state index in [1.807, 2.05) is 0 Å². The molecule has 1 N–H and O–H groups in total. The van der Waals surface area contributed by atoms with Crippen LogP contribution in [0.3, 0.4) is 0 Å². The Balaban J connectivity index is 0.000000437. The van der Waals surface area contributed by atoms with Crippen molar-refractivity contribution in [2.75, 3.05) is 32.7 Å². The van der Waals surface area contributed by atoms with Crippen molar-refractivity contribution in [2.24, 2.45) is 11.8 Å². The lowest BCUT2D eigenvalue weighted by Crippen LogP contribution is -2.35. The summed E-state index contributed by atoms with van der Waals surface area (Å²) < 4.78 is 0. The van der Waals surface area contributed by atoms with Crippen molar-refractivity contribution in [1.82, 2.24) is 10.2 Å². The van der Waals surface area contributed by atoms with Crippen molar-refractivity contribution >= 4 is 0 Å². The van der Waals surface area contributed by atoms with Gasteiger partial charge in [0.1, 0.15) is 0 Å². The molecule has 1 unspecified atom stereocenters. The summed E-state index contributed by atoms with van der Waals surface area (Å²) in [7, 11) is 0. The summed E-state index contributed by atoms with van der Waals surface area (Å²) in [6.45, 7) is 13.2. The van der Waals surface area contributed by atoms with Crippen LogP contribution in [0.5, 0.6) is 0 Å². The van der Waals surface area contributed by atoms with Gasteiger partial charge in [0.05, 0.1) is 0 Å². The van der Waals surface area contributed by atoms with Gasteiger partial charge in [0, 0.05) is 13.1 Å². The predicted octanol–water partition coefficient (Wildman–Crippen LogP) is 3.13.